The fraction of sp³-hybridized carbons (Fsp3) is 0.130. The van der Waals surface area contributed by atoms with Gasteiger partial charge in [0.15, 0.2) is 23.1 Å². The Balaban J connectivity index is 1.19. The van der Waals surface area contributed by atoms with Crippen LogP contribution in [0.4, 0.5) is 5.82 Å². The largest absolute Gasteiger partial charge is 0.486 e. The summed E-state index contributed by atoms with van der Waals surface area (Å²) in [5.74, 6) is 2.35. The summed E-state index contributed by atoms with van der Waals surface area (Å²) in [7, 11) is 0. The van der Waals surface area contributed by atoms with Gasteiger partial charge >= 0.3 is 0 Å². The maximum Gasteiger partial charge on any atom is 0.292 e. The van der Waals surface area contributed by atoms with Gasteiger partial charge in [-0.1, -0.05) is 41.9 Å². The second kappa shape index (κ2) is 8.68. The monoisotopic (exact) mass is 451 g/mol. The summed E-state index contributed by atoms with van der Waals surface area (Å²) >= 11 is 6.24. The second-order valence-corrected chi connectivity index (χ2v) is 7.44. The fourth-order valence-corrected chi connectivity index (χ4v) is 3.40. The number of amides is 1. The Morgan fingerprint density at radius 2 is 1.94 bits per heavy atom. The molecular weight excluding hydrogens is 434 g/mol. The maximum atomic E-state index is 12.6. The molecule has 0 saturated heterocycles. The highest BCUT2D eigenvalue weighted by atomic mass is 35.5. The molecule has 0 atom stereocenters. The van der Waals surface area contributed by atoms with Crippen molar-refractivity contribution in [3.05, 3.63) is 89.0 Å². The van der Waals surface area contributed by atoms with Gasteiger partial charge in [0.25, 0.3) is 5.91 Å². The third-order valence-electron chi connectivity index (χ3n) is 4.75. The summed E-state index contributed by atoms with van der Waals surface area (Å²) in [6.45, 7) is 0.891. The van der Waals surface area contributed by atoms with Crippen molar-refractivity contribution in [1.82, 2.24) is 9.78 Å². The Hall–Kier alpha value is -3.91. The predicted molar refractivity (Wildman–Crippen MR) is 116 cm³/mol. The van der Waals surface area contributed by atoms with E-state index in [1.165, 1.54) is 0 Å². The third kappa shape index (κ3) is 4.40. The average molecular weight is 452 g/mol. The van der Waals surface area contributed by atoms with Gasteiger partial charge in [-0.2, -0.15) is 5.10 Å². The van der Waals surface area contributed by atoms with E-state index in [0.29, 0.717) is 34.6 Å². The smallest absolute Gasteiger partial charge is 0.292 e. The van der Waals surface area contributed by atoms with Gasteiger partial charge < -0.3 is 23.9 Å². The number of nitrogens with zero attached hydrogens (tertiary/aromatic N) is 2. The van der Waals surface area contributed by atoms with Crippen LogP contribution in [-0.2, 0) is 13.2 Å². The molecule has 1 amide bonds. The van der Waals surface area contributed by atoms with E-state index in [-0.39, 0.29) is 25.0 Å². The molecule has 162 valence electrons. The van der Waals surface area contributed by atoms with Crippen LogP contribution >= 0.6 is 11.6 Å². The van der Waals surface area contributed by atoms with Gasteiger partial charge in [-0.3, -0.25) is 9.48 Å². The van der Waals surface area contributed by atoms with Gasteiger partial charge in [0.1, 0.15) is 23.1 Å². The van der Waals surface area contributed by atoms with E-state index < -0.39 is 5.91 Å². The first-order valence-electron chi connectivity index (χ1n) is 9.83. The van der Waals surface area contributed by atoms with Gasteiger partial charge in [-0.05, 0) is 29.8 Å². The summed E-state index contributed by atoms with van der Waals surface area (Å²) in [4.78, 5) is 12.6. The Bertz CT molecular complexity index is 1250. The number of carbonyl (C=O) groups is 1. The van der Waals surface area contributed by atoms with Crippen molar-refractivity contribution in [1.29, 1.82) is 0 Å². The predicted octanol–water partition coefficient (Wildman–Crippen LogP) is 4.74. The van der Waals surface area contributed by atoms with E-state index in [4.69, 9.17) is 30.2 Å². The molecule has 2 aromatic heterocycles. The molecule has 9 heteroatoms. The highest BCUT2D eigenvalue weighted by molar-refractivity contribution is 6.33. The quantitative estimate of drug-likeness (QED) is 0.436. The van der Waals surface area contributed by atoms with E-state index in [0.717, 1.165) is 5.56 Å². The Morgan fingerprint density at radius 3 is 2.81 bits per heavy atom. The number of benzene rings is 2. The highest BCUT2D eigenvalue weighted by Crippen LogP contribution is 2.35. The number of anilines is 1. The summed E-state index contributed by atoms with van der Waals surface area (Å²) in [5.41, 5.74) is 1.07. The normalized spacial score (nSPS) is 12.0. The van der Waals surface area contributed by atoms with Crippen molar-refractivity contribution < 1.29 is 23.4 Å². The van der Waals surface area contributed by atoms with E-state index in [1.54, 1.807) is 41.2 Å². The third-order valence-corrected chi connectivity index (χ3v) is 5.02. The van der Waals surface area contributed by atoms with Crippen LogP contribution in [0.1, 0.15) is 21.9 Å². The maximum absolute atomic E-state index is 12.6. The number of ether oxygens (including phenoxy) is 3. The first-order chi connectivity index (χ1) is 15.6. The molecule has 32 heavy (non-hydrogen) atoms. The van der Waals surface area contributed by atoms with Crippen molar-refractivity contribution in [3.63, 3.8) is 0 Å². The lowest BCUT2D eigenvalue weighted by Crippen LogP contribution is -2.12. The zero-order valence-corrected chi connectivity index (χ0v) is 17.5. The fourth-order valence-electron chi connectivity index (χ4n) is 3.20. The zero-order chi connectivity index (χ0) is 21.9. The van der Waals surface area contributed by atoms with Gasteiger partial charge in [0.05, 0.1) is 6.54 Å². The molecule has 0 unspecified atom stereocenters. The molecule has 1 aliphatic rings. The first kappa shape index (κ1) is 20.0. The van der Waals surface area contributed by atoms with Crippen LogP contribution in [0, 0.1) is 0 Å². The van der Waals surface area contributed by atoms with E-state index in [1.807, 2.05) is 30.3 Å². The van der Waals surface area contributed by atoms with Crippen LogP contribution in [0.5, 0.6) is 17.2 Å². The number of hydrogen-bond acceptors (Lipinski definition) is 6. The number of carbonyl (C=O) groups excluding carboxylic acids is 1. The number of aromatic nitrogens is 2. The molecule has 4 aromatic rings. The molecule has 0 fully saturated rings. The van der Waals surface area contributed by atoms with Crippen molar-refractivity contribution >= 4 is 23.3 Å². The molecule has 0 bridgehead atoms. The molecule has 1 N–H and O–H groups in total. The summed E-state index contributed by atoms with van der Waals surface area (Å²) in [5, 5.41) is 7.37. The number of rotatable bonds is 7. The standard InChI is InChI=1S/C23H18ClN3O5/c24-18-12-27(11-15-4-2-1-3-5-15)26-22(18)25-23(28)20-9-7-17(32-20)13-29-16-6-8-19-21(10-16)31-14-30-19/h1-10,12H,11,13-14H2,(H,25,26,28). The number of fused-ring (bicyclic) bond motifs is 1. The molecule has 0 spiro atoms. The number of halogens is 1. The van der Waals surface area contributed by atoms with Crippen LogP contribution in [0.15, 0.2) is 71.3 Å². The molecule has 3 heterocycles. The molecule has 5 rings (SSSR count). The van der Waals surface area contributed by atoms with Gasteiger partial charge in [-0.15, -0.1) is 0 Å². The Kier molecular flexibility index (Phi) is 5.43. The van der Waals surface area contributed by atoms with Crippen molar-refractivity contribution in [3.8, 4) is 17.2 Å². The van der Waals surface area contributed by atoms with Gasteiger partial charge in [-0.25, -0.2) is 0 Å². The van der Waals surface area contributed by atoms with Crippen LogP contribution < -0.4 is 19.5 Å². The summed E-state index contributed by atoms with van der Waals surface area (Å²) in [6.07, 6.45) is 1.66. The van der Waals surface area contributed by atoms with Crippen molar-refractivity contribution in [2.24, 2.45) is 0 Å². The Morgan fingerprint density at radius 1 is 1.09 bits per heavy atom. The number of hydrogen-bond donors (Lipinski definition) is 1. The molecule has 0 aliphatic carbocycles. The van der Waals surface area contributed by atoms with Crippen LogP contribution in [0.25, 0.3) is 0 Å². The molecule has 0 radical (unpaired) electrons. The molecular formula is C23H18ClN3O5. The van der Waals surface area contributed by atoms with Crippen LogP contribution in [0.3, 0.4) is 0 Å². The number of furan rings is 1. The minimum Gasteiger partial charge on any atom is -0.486 e. The summed E-state index contributed by atoms with van der Waals surface area (Å²) < 4.78 is 23.6. The SMILES string of the molecule is O=C(Nc1nn(Cc2ccccc2)cc1Cl)c1ccc(COc2ccc3c(c2)OCO3)o1. The molecule has 2 aromatic carbocycles. The van der Waals surface area contributed by atoms with Gasteiger partial charge in [0.2, 0.25) is 6.79 Å². The highest BCUT2D eigenvalue weighted by Gasteiger charge is 2.17. The number of nitrogens with one attached hydrogen (secondary N) is 1. The molecule has 8 nitrogen and oxygen atoms in total. The lowest BCUT2D eigenvalue weighted by atomic mass is 10.2. The van der Waals surface area contributed by atoms with Crippen molar-refractivity contribution in [2.45, 2.75) is 13.2 Å². The second-order valence-electron chi connectivity index (χ2n) is 7.03. The summed E-state index contributed by atoms with van der Waals surface area (Å²) in [6, 6.07) is 18.4. The molecule has 0 saturated carbocycles. The van der Waals surface area contributed by atoms with Crippen LogP contribution in [-0.4, -0.2) is 22.5 Å². The van der Waals surface area contributed by atoms with Crippen molar-refractivity contribution in [2.75, 3.05) is 12.1 Å². The zero-order valence-electron chi connectivity index (χ0n) is 16.8. The van der Waals surface area contributed by atoms with Crippen LogP contribution in [0.2, 0.25) is 5.02 Å². The van der Waals surface area contributed by atoms with E-state index in [2.05, 4.69) is 10.4 Å². The first-order valence-corrected chi connectivity index (χ1v) is 10.2. The van der Waals surface area contributed by atoms with E-state index >= 15 is 0 Å². The van der Waals surface area contributed by atoms with Gasteiger partial charge in [0, 0.05) is 12.3 Å². The molecule has 1 aliphatic heterocycles. The van der Waals surface area contributed by atoms with E-state index in [9.17, 15) is 4.79 Å². The Labute approximate surface area is 188 Å². The lowest BCUT2D eigenvalue weighted by molar-refractivity contribution is 0.0992. The average Bonchev–Trinajstić information content (AvgIpc) is 3.53. The topological polar surface area (TPSA) is 87.8 Å². The lowest BCUT2D eigenvalue weighted by Gasteiger charge is -2.05. The minimum atomic E-state index is -0.453. The minimum absolute atomic E-state index is 0.128.